The third-order valence-corrected chi connectivity index (χ3v) is 3.47. The van der Waals surface area contributed by atoms with Gasteiger partial charge in [-0.2, -0.15) is 13.2 Å². The van der Waals surface area contributed by atoms with Gasteiger partial charge in [-0.05, 0) is 25.0 Å². The molecule has 6 heteroatoms. The Morgan fingerprint density at radius 3 is 2.67 bits per heavy atom. The minimum Gasteiger partial charge on any atom is -0.382 e. The quantitative estimate of drug-likeness (QED) is 0.817. The molecule has 1 N–H and O–H groups in total. The standard InChI is InChI=1S/C12H14ClF3N2/c13-11-7-8(5-6-17-11)18-10-4-2-1-3-9(10)12(14,15)16/h5-7,9-10H,1-4H2,(H,17,18). The zero-order chi connectivity index (χ0) is 13.2. The molecule has 0 amide bonds. The van der Waals surface area contributed by atoms with Gasteiger partial charge in [-0.15, -0.1) is 0 Å². The molecule has 0 spiro atoms. The Morgan fingerprint density at radius 1 is 1.28 bits per heavy atom. The van der Waals surface area contributed by atoms with Crippen molar-refractivity contribution in [2.45, 2.75) is 37.9 Å². The van der Waals surface area contributed by atoms with Crippen LogP contribution < -0.4 is 5.32 Å². The fourth-order valence-electron chi connectivity index (χ4n) is 2.40. The number of rotatable bonds is 2. The molecule has 0 saturated heterocycles. The molecule has 2 nitrogen and oxygen atoms in total. The predicted molar refractivity (Wildman–Crippen MR) is 64.7 cm³/mol. The number of pyridine rings is 1. The SMILES string of the molecule is FC(F)(F)C1CCCCC1Nc1ccnc(Cl)c1. The van der Waals surface area contributed by atoms with Gasteiger partial charge in [0.15, 0.2) is 0 Å². The van der Waals surface area contributed by atoms with Crippen LogP contribution in [0.15, 0.2) is 18.3 Å². The topological polar surface area (TPSA) is 24.9 Å². The molecule has 2 atom stereocenters. The van der Waals surface area contributed by atoms with Crippen LogP contribution in [0.2, 0.25) is 5.15 Å². The first-order valence-corrected chi connectivity index (χ1v) is 6.29. The van der Waals surface area contributed by atoms with Crippen molar-refractivity contribution in [3.63, 3.8) is 0 Å². The summed E-state index contributed by atoms with van der Waals surface area (Å²) in [7, 11) is 0. The third-order valence-electron chi connectivity index (χ3n) is 3.27. The Morgan fingerprint density at radius 2 is 2.00 bits per heavy atom. The van der Waals surface area contributed by atoms with Crippen molar-refractivity contribution in [2.24, 2.45) is 5.92 Å². The molecule has 0 aromatic carbocycles. The molecule has 1 fully saturated rings. The van der Waals surface area contributed by atoms with Gasteiger partial charge in [0.05, 0.1) is 5.92 Å². The maximum atomic E-state index is 12.9. The molecule has 2 rings (SSSR count). The summed E-state index contributed by atoms with van der Waals surface area (Å²) in [6.45, 7) is 0. The van der Waals surface area contributed by atoms with E-state index in [0.717, 1.165) is 6.42 Å². The van der Waals surface area contributed by atoms with Crippen molar-refractivity contribution >= 4 is 17.3 Å². The highest BCUT2D eigenvalue weighted by Crippen LogP contribution is 2.39. The van der Waals surface area contributed by atoms with Crippen LogP contribution in [0.5, 0.6) is 0 Å². The highest BCUT2D eigenvalue weighted by atomic mass is 35.5. The van der Waals surface area contributed by atoms with Gasteiger partial charge in [0, 0.05) is 17.9 Å². The Hall–Kier alpha value is -0.970. The predicted octanol–water partition coefficient (Wildman–Crippen LogP) is 4.27. The van der Waals surface area contributed by atoms with E-state index in [4.69, 9.17) is 11.6 Å². The third kappa shape index (κ3) is 3.28. The first kappa shape index (κ1) is 13.5. The van der Waals surface area contributed by atoms with Gasteiger partial charge in [0.2, 0.25) is 0 Å². The Balaban J connectivity index is 2.10. The number of alkyl halides is 3. The summed E-state index contributed by atoms with van der Waals surface area (Å²) in [6.07, 6.45) is -0.475. The zero-order valence-electron chi connectivity index (χ0n) is 9.67. The molecule has 2 unspecified atom stereocenters. The van der Waals surface area contributed by atoms with Gasteiger partial charge < -0.3 is 5.32 Å². The smallest absolute Gasteiger partial charge is 0.382 e. The molecule has 0 bridgehead atoms. The fraction of sp³-hybridized carbons (Fsp3) is 0.583. The van der Waals surface area contributed by atoms with E-state index in [1.165, 1.54) is 6.20 Å². The van der Waals surface area contributed by atoms with Gasteiger partial charge in [-0.1, -0.05) is 24.4 Å². The van der Waals surface area contributed by atoms with E-state index in [2.05, 4.69) is 10.3 Å². The second-order valence-electron chi connectivity index (χ2n) is 4.55. The summed E-state index contributed by atoms with van der Waals surface area (Å²) in [5.41, 5.74) is 0.594. The molecule has 1 aliphatic carbocycles. The van der Waals surface area contributed by atoms with Crippen molar-refractivity contribution < 1.29 is 13.2 Å². The molecule has 1 aromatic rings. The number of nitrogens with one attached hydrogen (secondary N) is 1. The lowest BCUT2D eigenvalue weighted by Crippen LogP contribution is -2.41. The summed E-state index contributed by atoms with van der Waals surface area (Å²) in [5.74, 6) is -1.28. The number of anilines is 1. The molecule has 1 aromatic heterocycles. The first-order valence-electron chi connectivity index (χ1n) is 5.91. The first-order chi connectivity index (χ1) is 8.47. The summed E-state index contributed by atoms with van der Waals surface area (Å²) in [6, 6.07) is 2.61. The molecule has 18 heavy (non-hydrogen) atoms. The average Bonchev–Trinajstić information content (AvgIpc) is 2.28. The molecular formula is C12H14ClF3N2. The second kappa shape index (κ2) is 5.34. The van der Waals surface area contributed by atoms with Gasteiger partial charge in [0.25, 0.3) is 0 Å². The van der Waals surface area contributed by atoms with Crippen LogP contribution in [-0.2, 0) is 0 Å². The zero-order valence-corrected chi connectivity index (χ0v) is 10.4. The minimum atomic E-state index is -4.14. The molecule has 1 heterocycles. The van der Waals surface area contributed by atoms with Crippen LogP contribution >= 0.6 is 11.6 Å². The van der Waals surface area contributed by atoms with Crippen molar-refractivity contribution in [1.82, 2.24) is 4.98 Å². The van der Waals surface area contributed by atoms with Gasteiger partial charge in [-0.3, -0.25) is 0 Å². The van der Waals surface area contributed by atoms with E-state index in [-0.39, 0.29) is 11.6 Å². The lowest BCUT2D eigenvalue weighted by atomic mass is 9.84. The minimum absolute atomic E-state index is 0.194. The number of nitrogens with zero attached hydrogens (tertiary/aromatic N) is 1. The normalized spacial score (nSPS) is 24.9. The van der Waals surface area contributed by atoms with Crippen LogP contribution in [0.1, 0.15) is 25.7 Å². The molecule has 1 aliphatic rings. The van der Waals surface area contributed by atoms with Crippen molar-refractivity contribution in [3.05, 3.63) is 23.5 Å². The Kier molecular flexibility index (Phi) is 4.00. The van der Waals surface area contributed by atoms with Crippen molar-refractivity contribution in [3.8, 4) is 0 Å². The number of aromatic nitrogens is 1. The molecule has 0 aliphatic heterocycles. The maximum Gasteiger partial charge on any atom is 0.393 e. The van der Waals surface area contributed by atoms with Gasteiger partial charge in [0.1, 0.15) is 5.15 Å². The van der Waals surface area contributed by atoms with Crippen LogP contribution in [0.4, 0.5) is 18.9 Å². The number of hydrogen-bond acceptors (Lipinski definition) is 2. The monoisotopic (exact) mass is 278 g/mol. The summed E-state index contributed by atoms with van der Waals surface area (Å²) < 4.78 is 38.7. The maximum absolute atomic E-state index is 12.9. The highest BCUT2D eigenvalue weighted by Gasteiger charge is 2.45. The van der Waals surface area contributed by atoms with Crippen molar-refractivity contribution in [1.29, 1.82) is 0 Å². The lowest BCUT2D eigenvalue weighted by molar-refractivity contribution is -0.184. The Labute approximate surface area is 109 Å². The average molecular weight is 279 g/mol. The number of halogens is 4. The van der Waals surface area contributed by atoms with E-state index in [0.29, 0.717) is 18.5 Å². The Bertz CT molecular complexity index is 409. The fourth-order valence-corrected chi connectivity index (χ4v) is 2.58. The van der Waals surface area contributed by atoms with E-state index in [9.17, 15) is 13.2 Å². The van der Waals surface area contributed by atoms with Crippen LogP contribution in [-0.4, -0.2) is 17.2 Å². The van der Waals surface area contributed by atoms with E-state index in [1.807, 2.05) is 0 Å². The van der Waals surface area contributed by atoms with E-state index < -0.39 is 18.1 Å². The largest absolute Gasteiger partial charge is 0.393 e. The molecule has 1 saturated carbocycles. The van der Waals surface area contributed by atoms with E-state index >= 15 is 0 Å². The van der Waals surface area contributed by atoms with Gasteiger partial charge in [-0.25, -0.2) is 4.98 Å². The molecule has 0 radical (unpaired) electrons. The summed E-state index contributed by atoms with van der Waals surface area (Å²) in [5, 5.41) is 3.21. The number of hydrogen-bond donors (Lipinski definition) is 1. The van der Waals surface area contributed by atoms with Crippen molar-refractivity contribution in [2.75, 3.05) is 5.32 Å². The summed E-state index contributed by atoms with van der Waals surface area (Å²) >= 11 is 5.72. The van der Waals surface area contributed by atoms with Crippen LogP contribution in [0, 0.1) is 5.92 Å². The lowest BCUT2D eigenvalue weighted by Gasteiger charge is -2.34. The second-order valence-corrected chi connectivity index (χ2v) is 4.94. The van der Waals surface area contributed by atoms with E-state index in [1.54, 1.807) is 12.1 Å². The van der Waals surface area contributed by atoms with Crippen LogP contribution in [0.25, 0.3) is 0 Å². The molecule has 100 valence electrons. The molecular weight excluding hydrogens is 265 g/mol. The van der Waals surface area contributed by atoms with Crippen LogP contribution in [0.3, 0.4) is 0 Å². The highest BCUT2D eigenvalue weighted by molar-refractivity contribution is 6.29. The van der Waals surface area contributed by atoms with Gasteiger partial charge >= 0.3 is 6.18 Å². The summed E-state index contributed by atoms with van der Waals surface area (Å²) in [4.78, 5) is 3.80.